The maximum Gasteiger partial charge on any atom is 0.222 e. The van der Waals surface area contributed by atoms with Gasteiger partial charge in [-0.05, 0) is 11.1 Å². The molecule has 0 N–H and O–H groups in total. The standard InChI is InChI=1S/C29H26N3/c1-3-7-25(8-4-1)23-30-17-11-27(12-18-30)28-13-21-32(22-14-28)29-15-19-31(20-16-29)24-26-9-5-2-6-10-26/h1-22H,23-24H2/q+3. The predicted molar refractivity (Wildman–Crippen MR) is 125 cm³/mol. The molecule has 32 heavy (non-hydrogen) atoms. The highest BCUT2D eigenvalue weighted by Gasteiger charge is 2.11. The Bertz CT molecular complexity index is 1160. The highest BCUT2D eigenvalue weighted by atomic mass is 15.0. The second-order valence-electron chi connectivity index (χ2n) is 7.95. The maximum absolute atomic E-state index is 2.20. The molecule has 0 spiro atoms. The van der Waals surface area contributed by atoms with Crippen molar-refractivity contribution in [3.05, 3.63) is 145 Å². The van der Waals surface area contributed by atoms with Crippen molar-refractivity contribution in [3.63, 3.8) is 0 Å². The Morgan fingerprint density at radius 1 is 0.406 bits per heavy atom. The number of pyridine rings is 3. The summed E-state index contributed by atoms with van der Waals surface area (Å²) in [5.41, 5.74) is 6.18. The Hall–Kier alpha value is -4.11. The molecule has 0 saturated heterocycles. The summed E-state index contributed by atoms with van der Waals surface area (Å²) in [5, 5.41) is 0. The molecule has 0 unspecified atom stereocenters. The first-order valence-electron chi connectivity index (χ1n) is 10.9. The van der Waals surface area contributed by atoms with Crippen molar-refractivity contribution < 1.29 is 13.7 Å². The number of hydrogen-bond donors (Lipinski definition) is 0. The molecule has 0 aliphatic carbocycles. The highest BCUT2D eigenvalue weighted by Crippen LogP contribution is 2.16. The van der Waals surface area contributed by atoms with E-state index in [1.807, 2.05) is 0 Å². The van der Waals surface area contributed by atoms with Gasteiger partial charge in [-0.15, -0.1) is 0 Å². The van der Waals surface area contributed by atoms with E-state index in [2.05, 4.69) is 148 Å². The normalized spacial score (nSPS) is 10.8. The molecule has 0 bridgehead atoms. The van der Waals surface area contributed by atoms with Gasteiger partial charge in [-0.3, -0.25) is 0 Å². The number of hydrogen-bond acceptors (Lipinski definition) is 0. The molecule has 154 valence electrons. The average Bonchev–Trinajstić information content (AvgIpc) is 2.86. The van der Waals surface area contributed by atoms with Gasteiger partial charge in [0.15, 0.2) is 50.3 Å². The first-order chi connectivity index (χ1) is 15.8. The Kier molecular flexibility index (Phi) is 5.80. The number of nitrogens with zero attached hydrogens (tertiary/aromatic N) is 3. The Morgan fingerprint density at radius 3 is 1.28 bits per heavy atom. The monoisotopic (exact) mass is 416 g/mol. The minimum Gasteiger partial charge on any atom is -0.201 e. The maximum atomic E-state index is 2.20. The zero-order chi connectivity index (χ0) is 21.6. The highest BCUT2D eigenvalue weighted by molar-refractivity contribution is 5.61. The summed E-state index contributed by atoms with van der Waals surface area (Å²) in [4.78, 5) is 0. The van der Waals surface area contributed by atoms with Gasteiger partial charge in [0.25, 0.3) is 0 Å². The van der Waals surface area contributed by atoms with Crippen LogP contribution in [-0.4, -0.2) is 0 Å². The van der Waals surface area contributed by atoms with E-state index in [1.54, 1.807) is 0 Å². The minimum atomic E-state index is 0.878. The second-order valence-corrected chi connectivity index (χ2v) is 7.95. The molecule has 0 aliphatic rings. The third-order valence-corrected chi connectivity index (χ3v) is 5.64. The van der Waals surface area contributed by atoms with Crippen molar-refractivity contribution in [1.29, 1.82) is 0 Å². The van der Waals surface area contributed by atoms with E-state index in [9.17, 15) is 0 Å². The smallest absolute Gasteiger partial charge is 0.201 e. The van der Waals surface area contributed by atoms with Gasteiger partial charge in [0.2, 0.25) is 5.69 Å². The zero-order valence-corrected chi connectivity index (χ0v) is 18.0. The minimum absolute atomic E-state index is 0.878. The fourth-order valence-corrected chi connectivity index (χ4v) is 3.86. The molecule has 5 rings (SSSR count). The van der Waals surface area contributed by atoms with Crippen LogP contribution in [0.1, 0.15) is 11.1 Å². The first kappa shape index (κ1) is 19.8. The van der Waals surface area contributed by atoms with Gasteiger partial charge in [0.1, 0.15) is 0 Å². The molecule has 2 aromatic carbocycles. The summed E-state index contributed by atoms with van der Waals surface area (Å²) >= 11 is 0. The van der Waals surface area contributed by atoms with Gasteiger partial charge in [-0.1, -0.05) is 60.7 Å². The summed E-state index contributed by atoms with van der Waals surface area (Å²) in [6, 6.07) is 34.0. The number of aromatic nitrogens is 3. The second kappa shape index (κ2) is 9.36. The topological polar surface area (TPSA) is 11.6 Å². The van der Waals surface area contributed by atoms with E-state index in [4.69, 9.17) is 0 Å². The Balaban J connectivity index is 1.26. The largest absolute Gasteiger partial charge is 0.222 e. The van der Waals surface area contributed by atoms with Crippen molar-refractivity contribution in [2.24, 2.45) is 0 Å². The molecule has 0 saturated carbocycles. The van der Waals surface area contributed by atoms with Crippen LogP contribution < -0.4 is 13.7 Å². The van der Waals surface area contributed by atoms with E-state index in [1.165, 1.54) is 22.3 Å². The van der Waals surface area contributed by atoms with Gasteiger partial charge >= 0.3 is 0 Å². The third-order valence-electron chi connectivity index (χ3n) is 5.64. The van der Waals surface area contributed by atoms with Crippen LogP contribution >= 0.6 is 0 Å². The van der Waals surface area contributed by atoms with E-state index < -0.39 is 0 Å². The summed E-state index contributed by atoms with van der Waals surface area (Å²) in [5.74, 6) is 0. The van der Waals surface area contributed by atoms with Gasteiger partial charge in [-0.2, -0.15) is 4.57 Å². The van der Waals surface area contributed by atoms with E-state index in [0.29, 0.717) is 0 Å². The molecular weight excluding hydrogens is 390 g/mol. The van der Waals surface area contributed by atoms with Gasteiger partial charge in [0.05, 0.1) is 12.1 Å². The molecule has 0 amide bonds. The SMILES string of the molecule is c1ccc(C[n+]2ccc(-c3cc[n+](-c4cc[n+](Cc5ccccc5)cc4)cc3)cc2)cc1. The van der Waals surface area contributed by atoms with Crippen LogP contribution in [-0.2, 0) is 13.1 Å². The van der Waals surface area contributed by atoms with Gasteiger partial charge < -0.3 is 0 Å². The molecule has 5 aromatic rings. The fraction of sp³-hybridized carbons (Fsp3) is 0.0690. The summed E-state index contributed by atoms with van der Waals surface area (Å²) < 4.78 is 6.55. The number of benzene rings is 2. The molecule has 0 atom stereocenters. The zero-order valence-electron chi connectivity index (χ0n) is 18.0. The van der Waals surface area contributed by atoms with Crippen molar-refractivity contribution >= 4 is 0 Å². The summed E-state index contributed by atoms with van der Waals surface area (Å²) in [6.07, 6.45) is 12.8. The molecule has 3 aromatic heterocycles. The van der Waals surface area contributed by atoms with Crippen molar-refractivity contribution in [2.75, 3.05) is 0 Å². The molecule has 3 nitrogen and oxygen atoms in total. The quantitative estimate of drug-likeness (QED) is 0.366. The predicted octanol–water partition coefficient (Wildman–Crippen LogP) is 4.30. The average molecular weight is 417 g/mol. The molecular formula is C29H26N3+3. The van der Waals surface area contributed by atoms with Crippen molar-refractivity contribution in [3.8, 4) is 16.8 Å². The fourth-order valence-electron chi connectivity index (χ4n) is 3.86. The lowest BCUT2D eigenvalue weighted by atomic mass is 10.1. The van der Waals surface area contributed by atoms with Crippen LogP contribution in [0.4, 0.5) is 0 Å². The van der Waals surface area contributed by atoms with Crippen LogP contribution in [0, 0.1) is 0 Å². The van der Waals surface area contributed by atoms with Crippen LogP contribution in [0.2, 0.25) is 0 Å². The molecule has 0 radical (unpaired) electrons. The van der Waals surface area contributed by atoms with Crippen LogP contribution in [0.15, 0.2) is 134 Å². The van der Waals surface area contributed by atoms with Crippen LogP contribution in [0.3, 0.4) is 0 Å². The lowest BCUT2D eigenvalue weighted by Crippen LogP contribution is -2.36. The third kappa shape index (κ3) is 4.79. The lowest BCUT2D eigenvalue weighted by molar-refractivity contribution is -0.690. The van der Waals surface area contributed by atoms with E-state index >= 15 is 0 Å². The van der Waals surface area contributed by atoms with Gasteiger partial charge in [-0.25, -0.2) is 9.13 Å². The Labute approximate surface area is 189 Å². The molecule has 3 heterocycles. The lowest BCUT2D eigenvalue weighted by Gasteiger charge is -2.02. The van der Waals surface area contributed by atoms with Crippen LogP contribution in [0.25, 0.3) is 16.8 Å². The first-order valence-corrected chi connectivity index (χ1v) is 10.9. The Morgan fingerprint density at radius 2 is 0.812 bits per heavy atom. The van der Waals surface area contributed by atoms with Crippen molar-refractivity contribution in [2.45, 2.75) is 13.1 Å². The summed E-state index contributed by atoms with van der Waals surface area (Å²) in [7, 11) is 0. The molecule has 0 fully saturated rings. The van der Waals surface area contributed by atoms with Gasteiger partial charge in [0, 0.05) is 35.4 Å². The van der Waals surface area contributed by atoms with Crippen LogP contribution in [0.5, 0.6) is 0 Å². The van der Waals surface area contributed by atoms with Crippen molar-refractivity contribution in [1.82, 2.24) is 0 Å². The molecule has 3 heteroatoms. The van der Waals surface area contributed by atoms with E-state index in [0.717, 1.165) is 18.8 Å². The van der Waals surface area contributed by atoms with E-state index in [-0.39, 0.29) is 0 Å². The summed E-state index contributed by atoms with van der Waals surface area (Å²) in [6.45, 7) is 1.76. The molecule has 0 aliphatic heterocycles. The number of rotatable bonds is 6.